The van der Waals surface area contributed by atoms with E-state index in [1.165, 1.54) is 25.7 Å². The highest BCUT2D eigenvalue weighted by Gasteiger charge is 2.27. The lowest BCUT2D eigenvalue weighted by molar-refractivity contribution is 0.262. The fourth-order valence-electron chi connectivity index (χ4n) is 2.45. The Bertz CT molecular complexity index is 188. The van der Waals surface area contributed by atoms with Crippen molar-refractivity contribution in [3.63, 3.8) is 0 Å². The zero-order valence-electron chi connectivity index (χ0n) is 10.6. The first-order valence-electron chi connectivity index (χ1n) is 6.15. The zero-order chi connectivity index (χ0) is 12.0. The van der Waals surface area contributed by atoms with E-state index in [0.717, 1.165) is 5.25 Å². The molecule has 16 heavy (non-hydrogen) atoms. The predicted octanol–water partition coefficient (Wildman–Crippen LogP) is 2.36. The van der Waals surface area contributed by atoms with Crippen LogP contribution in [0, 0.1) is 0 Å². The fourth-order valence-corrected chi connectivity index (χ4v) is 4.03. The van der Waals surface area contributed by atoms with E-state index in [1.54, 1.807) is 11.8 Å². The lowest BCUT2D eigenvalue weighted by Gasteiger charge is -2.35. The van der Waals surface area contributed by atoms with Crippen molar-refractivity contribution in [2.75, 3.05) is 19.1 Å². The van der Waals surface area contributed by atoms with Crippen molar-refractivity contribution in [3.05, 3.63) is 0 Å². The SMILES string of the molecule is CSC(CO)C(C)NC1CCCCC1SC. The van der Waals surface area contributed by atoms with Crippen LogP contribution < -0.4 is 5.32 Å². The van der Waals surface area contributed by atoms with Crippen LogP contribution in [0.25, 0.3) is 0 Å². The summed E-state index contributed by atoms with van der Waals surface area (Å²) in [7, 11) is 0. The van der Waals surface area contributed by atoms with Gasteiger partial charge in [-0.3, -0.25) is 0 Å². The molecule has 0 saturated heterocycles. The second-order valence-corrected chi connectivity index (χ2v) is 6.73. The summed E-state index contributed by atoms with van der Waals surface area (Å²) in [5, 5.41) is 14.1. The molecule has 0 aliphatic heterocycles. The molecule has 0 bridgehead atoms. The van der Waals surface area contributed by atoms with Crippen molar-refractivity contribution in [2.24, 2.45) is 0 Å². The van der Waals surface area contributed by atoms with Crippen molar-refractivity contribution in [1.29, 1.82) is 0 Å². The summed E-state index contributed by atoms with van der Waals surface area (Å²) >= 11 is 3.75. The topological polar surface area (TPSA) is 32.3 Å². The van der Waals surface area contributed by atoms with Crippen molar-refractivity contribution in [2.45, 2.75) is 55.2 Å². The maximum Gasteiger partial charge on any atom is 0.0564 e. The molecule has 4 unspecified atom stereocenters. The summed E-state index contributed by atoms with van der Waals surface area (Å²) in [6.45, 7) is 2.47. The summed E-state index contributed by atoms with van der Waals surface area (Å²) in [6, 6.07) is 1.04. The number of aliphatic hydroxyl groups excluding tert-OH is 1. The second-order valence-electron chi connectivity index (χ2n) is 4.58. The van der Waals surface area contributed by atoms with E-state index in [9.17, 15) is 5.11 Å². The van der Waals surface area contributed by atoms with Gasteiger partial charge >= 0.3 is 0 Å². The van der Waals surface area contributed by atoms with Gasteiger partial charge in [0.1, 0.15) is 0 Å². The Morgan fingerprint density at radius 2 is 2.00 bits per heavy atom. The first kappa shape index (κ1) is 14.7. The average molecular weight is 263 g/mol. The van der Waals surface area contributed by atoms with Crippen LogP contribution in [0.3, 0.4) is 0 Å². The van der Waals surface area contributed by atoms with Crippen LogP contribution in [0.1, 0.15) is 32.6 Å². The van der Waals surface area contributed by atoms with Gasteiger partial charge in [-0.25, -0.2) is 0 Å². The normalized spacial score (nSPS) is 30.0. The van der Waals surface area contributed by atoms with Gasteiger partial charge < -0.3 is 10.4 Å². The largest absolute Gasteiger partial charge is 0.395 e. The fraction of sp³-hybridized carbons (Fsp3) is 1.00. The summed E-state index contributed by atoms with van der Waals surface area (Å²) < 4.78 is 0. The van der Waals surface area contributed by atoms with E-state index in [2.05, 4.69) is 24.8 Å². The third-order valence-corrected chi connectivity index (χ3v) is 5.86. The van der Waals surface area contributed by atoms with Crippen LogP contribution >= 0.6 is 23.5 Å². The molecule has 1 saturated carbocycles. The van der Waals surface area contributed by atoms with Crippen LogP contribution in [0.5, 0.6) is 0 Å². The highest BCUT2D eigenvalue weighted by Crippen LogP contribution is 2.28. The molecule has 1 rings (SSSR count). The first-order chi connectivity index (χ1) is 7.72. The van der Waals surface area contributed by atoms with Gasteiger partial charge in [0, 0.05) is 22.6 Å². The van der Waals surface area contributed by atoms with E-state index < -0.39 is 0 Å². The van der Waals surface area contributed by atoms with Gasteiger partial charge in [0.25, 0.3) is 0 Å². The molecule has 0 radical (unpaired) electrons. The first-order valence-corrected chi connectivity index (χ1v) is 8.73. The molecule has 1 fully saturated rings. The summed E-state index contributed by atoms with van der Waals surface area (Å²) in [4.78, 5) is 0. The predicted molar refractivity (Wildman–Crippen MR) is 76.5 cm³/mol. The van der Waals surface area contributed by atoms with Gasteiger partial charge in [0.2, 0.25) is 0 Å². The van der Waals surface area contributed by atoms with Crippen LogP contribution in [0.4, 0.5) is 0 Å². The van der Waals surface area contributed by atoms with E-state index in [1.807, 2.05) is 11.8 Å². The third kappa shape index (κ3) is 4.13. The number of thioether (sulfide) groups is 2. The number of nitrogens with one attached hydrogen (secondary N) is 1. The summed E-state index contributed by atoms with van der Waals surface area (Å²) in [6.07, 6.45) is 9.66. The number of hydrogen-bond donors (Lipinski definition) is 2. The second kappa shape index (κ2) is 7.85. The molecule has 96 valence electrons. The Morgan fingerprint density at radius 1 is 1.31 bits per heavy atom. The van der Waals surface area contributed by atoms with Crippen molar-refractivity contribution >= 4 is 23.5 Å². The van der Waals surface area contributed by atoms with E-state index >= 15 is 0 Å². The van der Waals surface area contributed by atoms with E-state index in [4.69, 9.17) is 0 Å². The Balaban J connectivity index is 2.43. The molecule has 1 aliphatic carbocycles. The van der Waals surface area contributed by atoms with Gasteiger partial charge in [-0.2, -0.15) is 23.5 Å². The number of hydrogen-bond acceptors (Lipinski definition) is 4. The van der Waals surface area contributed by atoms with Crippen LogP contribution in [-0.4, -0.2) is 46.8 Å². The molecule has 2 nitrogen and oxygen atoms in total. The van der Waals surface area contributed by atoms with Crippen molar-refractivity contribution in [3.8, 4) is 0 Å². The number of rotatable bonds is 6. The molecule has 0 aromatic carbocycles. The maximum atomic E-state index is 9.28. The minimum Gasteiger partial charge on any atom is -0.395 e. The van der Waals surface area contributed by atoms with Crippen LogP contribution in [-0.2, 0) is 0 Å². The Hall–Kier alpha value is 0.620. The van der Waals surface area contributed by atoms with E-state index in [0.29, 0.717) is 17.3 Å². The van der Waals surface area contributed by atoms with Crippen molar-refractivity contribution < 1.29 is 5.11 Å². The minimum absolute atomic E-state index is 0.270. The quantitative estimate of drug-likeness (QED) is 0.770. The lowest BCUT2D eigenvalue weighted by Crippen LogP contribution is -2.49. The smallest absolute Gasteiger partial charge is 0.0564 e. The molecular formula is C12H25NOS2. The molecule has 4 heteroatoms. The molecule has 4 atom stereocenters. The van der Waals surface area contributed by atoms with Crippen LogP contribution in [0.2, 0.25) is 0 Å². The molecular weight excluding hydrogens is 238 g/mol. The maximum absolute atomic E-state index is 9.28. The van der Waals surface area contributed by atoms with Gasteiger partial charge in [0.15, 0.2) is 0 Å². The zero-order valence-corrected chi connectivity index (χ0v) is 12.2. The molecule has 2 N–H and O–H groups in total. The van der Waals surface area contributed by atoms with Gasteiger partial charge in [0.05, 0.1) is 6.61 Å². The average Bonchev–Trinajstić information content (AvgIpc) is 2.31. The molecule has 1 aliphatic rings. The van der Waals surface area contributed by atoms with Gasteiger partial charge in [-0.1, -0.05) is 12.8 Å². The monoisotopic (exact) mass is 263 g/mol. The molecule has 0 heterocycles. The van der Waals surface area contributed by atoms with Gasteiger partial charge in [-0.15, -0.1) is 0 Å². The molecule has 0 aromatic heterocycles. The minimum atomic E-state index is 0.270. The summed E-state index contributed by atoms with van der Waals surface area (Å²) in [5.74, 6) is 0. The summed E-state index contributed by atoms with van der Waals surface area (Å²) in [5.41, 5.74) is 0. The van der Waals surface area contributed by atoms with E-state index in [-0.39, 0.29) is 6.61 Å². The Labute approximate surface area is 108 Å². The van der Waals surface area contributed by atoms with Crippen LogP contribution in [0.15, 0.2) is 0 Å². The molecule has 0 spiro atoms. The highest BCUT2D eigenvalue weighted by molar-refractivity contribution is 7.99. The number of aliphatic hydroxyl groups is 1. The Morgan fingerprint density at radius 3 is 2.56 bits per heavy atom. The Kier molecular flexibility index (Phi) is 7.20. The molecule has 0 amide bonds. The standard InChI is InChI=1S/C12H25NOS2/c1-9(12(8-14)16-3)13-10-6-4-5-7-11(10)15-2/h9-14H,4-8H2,1-3H3. The molecule has 0 aromatic rings. The highest BCUT2D eigenvalue weighted by atomic mass is 32.2. The van der Waals surface area contributed by atoms with Gasteiger partial charge in [-0.05, 0) is 32.3 Å². The third-order valence-electron chi connectivity index (χ3n) is 3.52. The van der Waals surface area contributed by atoms with Crippen molar-refractivity contribution in [1.82, 2.24) is 5.32 Å². The lowest BCUT2D eigenvalue weighted by atomic mass is 9.94.